The van der Waals surface area contributed by atoms with Crippen LogP contribution in [0.3, 0.4) is 0 Å². The number of aliphatic carboxylic acids is 2. The Morgan fingerprint density at radius 3 is 2.20 bits per heavy atom. The molecule has 2 fully saturated rings. The van der Waals surface area contributed by atoms with Gasteiger partial charge in [0, 0.05) is 53.5 Å². The quantitative estimate of drug-likeness (QED) is 0.199. The molecule has 1 saturated carbocycles. The number of hydrogen-bond donors (Lipinski definition) is 6. The molecule has 10 nitrogen and oxygen atoms in total. The zero-order valence-corrected chi connectivity index (χ0v) is 26.7. The Balaban J connectivity index is 2.59. The highest BCUT2D eigenvalue weighted by molar-refractivity contribution is 8.00. The highest BCUT2D eigenvalue weighted by Gasteiger charge is 2.52. The lowest BCUT2D eigenvalue weighted by atomic mass is 9.66. The van der Waals surface area contributed by atoms with E-state index in [0.29, 0.717) is 51.2 Å². The molecule has 1 aliphatic heterocycles. The average Bonchev–Trinajstić information content (AvgIpc) is 2.92. The van der Waals surface area contributed by atoms with Gasteiger partial charge >= 0.3 is 11.9 Å². The number of nitrogens with one attached hydrogen (secondary N) is 2. The maximum absolute atomic E-state index is 13.5. The maximum atomic E-state index is 13.5. The van der Waals surface area contributed by atoms with Crippen molar-refractivity contribution >= 4 is 47.3 Å². The lowest BCUT2D eigenvalue weighted by Gasteiger charge is -2.49. The summed E-state index contributed by atoms with van der Waals surface area (Å²) in [6, 6.07) is 0. The minimum atomic E-state index is -0.958. The van der Waals surface area contributed by atoms with Crippen LogP contribution in [0.25, 0.3) is 0 Å². The van der Waals surface area contributed by atoms with Gasteiger partial charge in [-0.3, -0.25) is 19.2 Å². The third-order valence-corrected chi connectivity index (χ3v) is 12.5. The van der Waals surface area contributed by atoms with Crippen molar-refractivity contribution in [1.82, 2.24) is 10.6 Å². The van der Waals surface area contributed by atoms with E-state index in [1.807, 2.05) is 27.7 Å². The monoisotopic (exact) mass is 616 g/mol. The number of rotatable bonds is 10. The van der Waals surface area contributed by atoms with E-state index in [1.165, 1.54) is 0 Å². The van der Waals surface area contributed by atoms with Gasteiger partial charge in [0.1, 0.15) is 0 Å². The van der Waals surface area contributed by atoms with E-state index in [0.717, 1.165) is 11.5 Å². The Bertz CT molecular complexity index is 895. The summed E-state index contributed by atoms with van der Waals surface area (Å²) in [6.45, 7) is 9.65. The Morgan fingerprint density at radius 2 is 1.61 bits per heavy atom. The van der Waals surface area contributed by atoms with Gasteiger partial charge in [-0.05, 0) is 62.3 Å². The van der Waals surface area contributed by atoms with Crippen molar-refractivity contribution in [2.24, 2.45) is 58.8 Å². The Morgan fingerprint density at radius 1 is 0.951 bits per heavy atom. The number of amides is 2. The number of carbonyl (C=O) groups excluding carboxylic acids is 2. The van der Waals surface area contributed by atoms with Crippen LogP contribution in [0.15, 0.2) is 0 Å². The summed E-state index contributed by atoms with van der Waals surface area (Å²) in [5.41, 5.74) is 11.7. The number of fused-ring (bicyclic) bond motifs is 2. The molecule has 8 N–H and O–H groups in total. The van der Waals surface area contributed by atoms with Gasteiger partial charge in [-0.15, -0.1) is 0 Å². The fraction of sp³-hybridized carbons (Fsp3) is 0.862. The van der Waals surface area contributed by atoms with E-state index in [2.05, 4.69) is 10.6 Å². The van der Waals surface area contributed by atoms with E-state index in [4.69, 9.17) is 11.5 Å². The largest absolute Gasteiger partial charge is 0.481 e. The molecule has 41 heavy (non-hydrogen) atoms. The van der Waals surface area contributed by atoms with Gasteiger partial charge in [-0.2, -0.15) is 23.5 Å². The lowest BCUT2D eigenvalue weighted by molar-refractivity contribution is -0.146. The second-order valence-electron chi connectivity index (χ2n) is 12.1. The standard InChI is InChI=1S/C29H52N4O6S2/c1-17-13-21(25(34)32-8-11-40-10-7-31)15-24(28(38)39)20(4)29(5-6-30)19(3)23(26(35)33-9-12-41-29)16-22(27(36)37)14-18(17)2/h17-24H,5-16,30-31H2,1-4H3,(H,32,34)(H,33,35)(H,36,37)(H,38,39). The van der Waals surface area contributed by atoms with Gasteiger partial charge < -0.3 is 32.3 Å². The van der Waals surface area contributed by atoms with E-state index < -0.39 is 46.3 Å². The molecule has 0 aromatic rings. The molecule has 2 aliphatic rings. The van der Waals surface area contributed by atoms with E-state index >= 15 is 0 Å². The van der Waals surface area contributed by atoms with Gasteiger partial charge in [-0.1, -0.05) is 27.7 Å². The van der Waals surface area contributed by atoms with Crippen molar-refractivity contribution in [3.05, 3.63) is 0 Å². The first-order chi connectivity index (χ1) is 19.4. The minimum absolute atomic E-state index is 0.0201. The van der Waals surface area contributed by atoms with Gasteiger partial charge in [0.15, 0.2) is 0 Å². The van der Waals surface area contributed by atoms with Crippen molar-refractivity contribution < 1.29 is 29.4 Å². The first-order valence-corrected chi connectivity index (χ1v) is 17.2. The molecule has 1 aliphatic carbocycles. The molecule has 12 heteroatoms. The molecule has 2 bridgehead atoms. The molecular weight excluding hydrogens is 564 g/mol. The Labute approximate surface area is 253 Å². The second-order valence-corrected chi connectivity index (χ2v) is 14.8. The van der Waals surface area contributed by atoms with Crippen LogP contribution in [0.1, 0.15) is 59.8 Å². The SMILES string of the molecule is CC1CC(C(=O)O)CC2C(=O)NCCSC(CCN)(C(C)C(C(=O)O)CC(C(=O)NCCSCCN)CC1C)C2C. The summed E-state index contributed by atoms with van der Waals surface area (Å²) in [6.07, 6.45) is 1.69. The Kier molecular flexibility index (Phi) is 14.8. The minimum Gasteiger partial charge on any atom is -0.481 e. The predicted octanol–water partition coefficient (Wildman–Crippen LogP) is 2.50. The molecular formula is C29H52N4O6S2. The third-order valence-electron chi connectivity index (χ3n) is 9.60. The molecule has 2 amide bonds. The van der Waals surface area contributed by atoms with Crippen LogP contribution >= 0.6 is 23.5 Å². The van der Waals surface area contributed by atoms with Gasteiger partial charge in [0.2, 0.25) is 11.8 Å². The molecule has 236 valence electrons. The highest BCUT2D eigenvalue weighted by Crippen LogP contribution is 2.51. The molecule has 0 aromatic carbocycles. The molecule has 9 atom stereocenters. The fourth-order valence-corrected chi connectivity index (χ4v) is 9.19. The molecule has 0 radical (unpaired) electrons. The molecule has 0 aromatic heterocycles. The van der Waals surface area contributed by atoms with E-state index in [9.17, 15) is 29.4 Å². The van der Waals surface area contributed by atoms with Gasteiger partial charge in [0.25, 0.3) is 0 Å². The van der Waals surface area contributed by atoms with Crippen molar-refractivity contribution in [2.45, 2.75) is 64.5 Å². The van der Waals surface area contributed by atoms with Crippen LogP contribution in [0.2, 0.25) is 0 Å². The van der Waals surface area contributed by atoms with Crippen molar-refractivity contribution in [3.8, 4) is 0 Å². The van der Waals surface area contributed by atoms with Crippen molar-refractivity contribution in [1.29, 1.82) is 0 Å². The number of carboxylic acids is 2. The molecule has 1 saturated heterocycles. The third kappa shape index (κ3) is 9.49. The topological polar surface area (TPSA) is 185 Å². The summed E-state index contributed by atoms with van der Waals surface area (Å²) < 4.78 is -0.672. The van der Waals surface area contributed by atoms with Crippen molar-refractivity contribution in [3.63, 3.8) is 0 Å². The molecule has 9 unspecified atom stereocenters. The number of carbonyl (C=O) groups is 4. The maximum Gasteiger partial charge on any atom is 0.306 e. The van der Waals surface area contributed by atoms with Crippen LogP contribution in [0.4, 0.5) is 0 Å². The number of hydrogen-bond acceptors (Lipinski definition) is 8. The Hall–Kier alpha value is -1.50. The predicted molar refractivity (Wildman–Crippen MR) is 166 cm³/mol. The molecule has 0 spiro atoms. The highest BCUT2D eigenvalue weighted by atomic mass is 32.2. The van der Waals surface area contributed by atoms with Crippen LogP contribution in [-0.4, -0.2) is 82.2 Å². The molecule has 2 rings (SSSR count). The first kappa shape index (κ1) is 35.7. The zero-order valence-electron chi connectivity index (χ0n) is 25.1. The summed E-state index contributed by atoms with van der Waals surface area (Å²) in [7, 11) is 0. The van der Waals surface area contributed by atoms with Crippen LogP contribution in [0.5, 0.6) is 0 Å². The summed E-state index contributed by atoms with van der Waals surface area (Å²) in [5, 5.41) is 26.8. The summed E-state index contributed by atoms with van der Waals surface area (Å²) in [4.78, 5) is 52.4. The summed E-state index contributed by atoms with van der Waals surface area (Å²) in [5.74, 6) is -3.61. The van der Waals surface area contributed by atoms with Gasteiger partial charge in [0.05, 0.1) is 11.8 Å². The van der Waals surface area contributed by atoms with E-state index in [-0.39, 0.29) is 42.4 Å². The van der Waals surface area contributed by atoms with Gasteiger partial charge in [-0.25, -0.2) is 0 Å². The fourth-order valence-electron chi connectivity index (χ4n) is 6.87. The lowest BCUT2D eigenvalue weighted by Crippen LogP contribution is -2.54. The number of nitrogens with two attached hydrogens (primary N) is 2. The van der Waals surface area contributed by atoms with Crippen LogP contribution in [-0.2, 0) is 19.2 Å². The zero-order chi connectivity index (χ0) is 30.7. The van der Waals surface area contributed by atoms with Crippen LogP contribution in [0, 0.1) is 47.3 Å². The number of thioether (sulfide) groups is 2. The molecule has 1 heterocycles. The summed E-state index contributed by atoms with van der Waals surface area (Å²) >= 11 is 3.30. The normalized spacial score (nSPS) is 35.4. The van der Waals surface area contributed by atoms with Crippen LogP contribution < -0.4 is 22.1 Å². The average molecular weight is 617 g/mol. The second kappa shape index (κ2) is 17.0. The van der Waals surface area contributed by atoms with Crippen molar-refractivity contribution in [2.75, 3.05) is 43.4 Å². The first-order valence-electron chi connectivity index (χ1n) is 15.0. The number of carboxylic acid groups (broad SMARTS) is 2. The smallest absolute Gasteiger partial charge is 0.306 e. The van der Waals surface area contributed by atoms with E-state index in [1.54, 1.807) is 23.5 Å².